The zero-order valence-electron chi connectivity index (χ0n) is 20.1. The number of epoxide rings is 1. The Labute approximate surface area is 173 Å². The van der Waals surface area contributed by atoms with Gasteiger partial charge in [0.2, 0.25) is 0 Å². The fraction of sp³-hybridized carbons (Fsp3) is 1.00. The van der Waals surface area contributed by atoms with Crippen LogP contribution in [0.4, 0.5) is 0 Å². The first kappa shape index (κ1) is 24.1. The molecule has 28 heavy (non-hydrogen) atoms. The molecule has 3 aliphatic heterocycles. The summed E-state index contributed by atoms with van der Waals surface area (Å²) in [4.78, 5) is 4.85. The van der Waals surface area contributed by atoms with Crippen LogP contribution >= 0.6 is 0 Å². The third-order valence-corrected chi connectivity index (χ3v) is 7.48. The van der Waals surface area contributed by atoms with Crippen LogP contribution in [0.15, 0.2) is 0 Å². The molecule has 1 N–H and O–H groups in total. The van der Waals surface area contributed by atoms with E-state index in [4.69, 9.17) is 9.47 Å². The summed E-state index contributed by atoms with van der Waals surface area (Å²) in [6, 6.07) is 0. The molecule has 5 heteroatoms. The van der Waals surface area contributed by atoms with Crippen molar-refractivity contribution in [2.24, 2.45) is 0 Å². The van der Waals surface area contributed by atoms with E-state index in [1.54, 1.807) is 0 Å². The Kier molecular flexibility index (Phi) is 7.00. The van der Waals surface area contributed by atoms with E-state index in [9.17, 15) is 5.11 Å². The highest BCUT2D eigenvalue weighted by molar-refractivity contribution is 4.99. The zero-order chi connectivity index (χ0) is 21.5. The minimum atomic E-state index is -0.133. The van der Waals surface area contributed by atoms with Gasteiger partial charge in [0.15, 0.2) is 0 Å². The lowest BCUT2D eigenvalue weighted by atomic mass is 9.79. The van der Waals surface area contributed by atoms with Crippen molar-refractivity contribution in [2.75, 3.05) is 27.3 Å². The molecular formula is C23H46N2O3. The van der Waals surface area contributed by atoms with Gasteiger partial charge in [-0.15, -0.1) is 0 Å². The quantitative estimate of drug-likeness (QED) is 0.735. The normalized spacial score (nSPS) is 32.5. The lowest BCUT2D eigenvalue weighted by Crippen LogP contribution is -2.60. The summed E-state index contributed by atoms with van der Waals surface area (Å²) < 4.78 is 11.2. The molecule has 3 aliphatic rings. The van der Waals surface area contributed by atoms with E-state index in [1.807, 2.05) is 0 Å². The van der Waals surface area contributed by atoms with Gasteiger partial charge in [-0.1, -0.05) is 0 Å². The van der Waals surface area contributed by atoms with Crippen LogP contribution in [-0.2, 0) is 9.47 Å². The van der Waals surface area contributed by atoms with Gasteiger partial charge in [0.1, 0.15) is 6.10 Å². The van der Waals surface area contributed by atoms with Gasteiger partial charge in [0.05, 0.1) is 25.4 Å². The Morgan fingerprint density at radius 2 is 1.14 bits per heavy atom. The van der Waals surface area contributed by atoms with E-state index >= 15 is 0 Å². The molecule has 0 radical (unpaired) electrons. The van der Waals surface area contributed by atoms with Crippen LogP contribution in [0.2, 0.25) is 0 Å². The second kappa shape index (κ2) is 8.14. The molecule has 1 atom stereocenters. The predicted octanol–water partition coefficient (Wildman–Crippen LogP) is 3.68. The maximum Gasteiger partial charge on any atom is 0.104 e. The third-order valence-electron chi connectivity index (χ3n) is 7.48. The summed E-state index contributed by atoms with van der Waals surface area (Å²) >= 11 is 0. The van der Waals surface area contributed by atoms with Gasteiger partial charge in [-0.3, -0.25) is 9.80 Å². The first-order valence-corrected chi connectivity index (χ1v) is 11.0. The Balaban J connectivity index is 0.000000209. The Hall–Kier alpha value is -0.200. The molecule has 0 bridgehead atoms. The highest BCUT2D eigenvalue weighted by Gasteiger charge is 2.44. The van der Waals surface area contributed by atoms with Crippen molar-refractivity contribution in [3.63, 3.8) is 0 Å². The van der Waals surface area contributed by atoms with Crippen LogP contribution in [0.25, 0.3) is 0 Å². The molecular weight excluding hydrogens is 352 g/mol. The molecule has 0 aromatic rings. The first-order valence-electron chi connectivity index (χ1n) is 11.0. The number of likely N-dealkylation sites (tertiary alicyclic amines) is 2. The fourth-order valence-electron chi connectivity index (χ4n) is 5.12. The molecule has 3 heterocycles. The van der Waals surface area contributed by atoms with Gasteiger partial charge in [0.25, 0.3) is 0 Å². The number of hydrogen-bond acceptors (Lipinski definition) is 5. The van der Waals surface area contributed by atoms with Crippen molar-refractivity contribution >= 4 is 0 Å². The zero-order valence-corrected chi connectivity index (χ0v) is 20.1. The smallest absolute Gasteiger partial charge is 0.104 e. The van der Waals surface area contributed by atoms with Crippen LogP contribution in [0.3, 0.4) is 0 Å². The first-order chi connectivity index (χ1) is 12.6. The van der Waals surface area contributed by atoms with E-state index in [0.29, 0.717) is 12.2 Å². The number of rotatable bonds is 3. The lowest BCUT2D eigenvalue weighted by Gasteiger charge is -2.53. The van der Waals surface area contributed by atoms with Crippen molar-refractivity contribution in [1.82, 2.24) is 9.80 Å². The number of aliphatic hydroxyl groups is 1. The monoisotopic (exact) mass is 398 g/mol. The topological polar surface area (TPSA) is 48.5 Å². The fourth-order valence-corrected chi connectivity index (χ4v) is 5.12. The van der Waals surface area contributed by atoms with Crippen molar-refractivity contribution in [1.29, 1.82) is 0 Å². The molecule has 3 rings (SSSR count). The van der Waals surface area contributed by atoms with Gasteiger partial charge >= 0.3 is 0 Å². The van der Waals surface area contributed by atoms with Crippen molar-refractivity contribution < 1.29 is 14.6 Å². The summed E-state index contributed by atoms with van der Waals surface area (Å²) in [5.74, 6) is 0. The largest absolute Gasteiger partial charge is 0.393 e. The molecule has 0 aromatic carbocycles. The van der Waals surface area contributed by atoms with E-state index in [0.717, 1.165) is 38.9 Å². The predicted molar refractivity (Wildman–Crippen MR) is 116 cm³/mol. The number of piperidine rings is 2. The summed E-state index contributed by atoms with van der Waals surface area (Å²) in [7, 11) is 4.37. The van der Waals surface area contributed by atoms with Crippen molar-refractivity contribution in [2.45, 2.75) is 122 Å². The summed E-state index contributed by atoms with van der Waals surface area (Å²) in [5.41, 5.74) is 0.690. The average Bonchev–Trinajstić information content (AvgIpc) is 3.32. The van der Waals surface area contributed by atoms with Crippen LogP contribution < -0.4 is 0 Å². The molecule has 0 aromatic heterocycles. The van der Waals surface area contributed by atoms with Crippen LogP contribution in [-0.4, -0.2) is 82.7 Å². The Morgan fingerprint density at radius 1 is 0.786 bits per heavy atom. The van der Waals surface area contributed by atoms with Gasteiger partial charge in [0, 0.05) is 22.2 Å². The number of aliphatic hydroxyl groups excluding tert-OH is 1. The molecule has 0 spiro atoms. The SMILES string of the molecule is CN1C(C)(C)CC(O)CC1(C)C.CN1C(C)(C)CC(OCC2CO2)CC1(C)C. The van der Waals surface area contributed by atoms with Gasteiger partial charge in [-0.2, -0.15) is 0 Å². The second-order valence-corrected chi connectivity index (χ2v) is 11.7. The van der Waals surface area contributed by atoms with Gasteiger partial charge in [-0.05, 0) is 95.2 Å². The molecule has 0 amide bonds. The molecule has 0 aliphatic carbocycles. The van der Waals surface area contributed by atoms with Crippen LogP contribution in [0.1, 0.15) is 81.1 Å². The minimum absolute atomic E-state index is 0.126. The number of ether oxygens (including phenoxy) is 2. The van der Waals surface area contributed by atoms with E-state index in [-0.39, 0.29) is 28.3 Å². The van der Waals surface area contributed by atoms with Crippen molar-refractivity contribution in [3.8, 4) is 0 Å². The molecule has 1 unspecified atom stereocenters. The molecule has 3 saturated heterocycles. The second-order valence-electron chi connectivity index (χ2n) is 11.7. The molecule has 3 fully saturated rings. The van der Waals surface area contributed by atoms with Crippen LogP contribution in [0, 0.1) is 0 Å². The van der Waals surface area contributed by atoms with E-state index < -0.39 is 0 Å². The van der Waals surface area contributed by atoms with Crippen LogP contribution in [0.5, 0.6) is 0 Å². The molecule has 5 nitrogen and oxygen atoms in total. The third kappa shape index (κ3) is 5.91. The maximum absolute atomic E-state index is 9.67. The number of hydrogen-bond donors (Lipinski definition) is 1. The number of nitrogens with zero attached hydrogens (tertiary/aromatic N) is 2. The Bertz CT molecular complexity index is 490. The minimum Gasteiger partial charge on any atom is -0.393 e. The van der Waals surface area contributed by atoms with Gasteiger partial charge < -0.3 is 14.6 Å². The van der Waals surface area contributed by atoms with E-state index in [2.05, 4.69) is 79.3 Å². The average molecular weight is 399 g/mol. The maximum atomic E-state index is 9.67. The summed E-state index contributed by atoms with van der Waals surface area (Å²) in [6.45, 7) is 19.6. The molecule has 166 valence electrons. The van der Waals surface area contributed by atoms with Gasteiger partial charge in [-0.25, -0.2) is 0 Å². The molecule has 0 saturated carbocycles. The summed E-state index contributed by atoms with van der Waals surface area (Å²) in [5, 5.41) is 9.67. The Morgan fingerprint density at radius 3 is 1.50 bits per heavy atom. The van der Waals surface area contributed by atoms with Crippen molar-refractivity contribution in [3.05, 3.63) is 0 Å². The lowest BCUT2D eigenvalue weighted by molar-refractivity contribution is -0.0933. The highest BCUT2D eigenvalue weighted by atomic mass is 16.6. The highest BCUT2D eigenvalue weighted by Crippen LogP contribution is 2.38. The van der Waals surface area contributed by atoms with E-state index in [1.165, 1.54) is 0 Å². The standard InChI is InChI=1S/C13H25NO2.C10H21NO/c1-12(2)6-10(15-8-11-9-16-11)7-13(3,4)14(12)5;1-9(2)6-8(12)7-10(3,4)11(9)5/h10-11H,6-9H2,1-5H3;8,12H,6-7H2,1-5H3. The summed E-state index contributed by atoms with van der Waals surface area (Å²) in [6.07, 6.45) is 4.61.